The summed E-state index contributed by atoms with van der Waals surface area (Å²) in [6, 6.07) is 0. The van der Waals surface area contributed by atoms with Crippen LogP contribution in [-0.4, -0.2) is 0 Å². The Labute approximate surface area is 772 Å². The van der Waals surface area contributed by atoms with Crippen LogP contribution in [0.25, 0.3) is 0 Å². The second-order valence-electron chi connectivity index (χ2n) is 42.0. The third-order valence-corrected chi connectivity index (χ3v) is 34.4. The molecule has 27 unspecified atom stereocenters. The van der Waals surface area contributed by atoms with Gasteiger partial charge >= 0.3 is 0 Å². The average molecular weight is 1700 g/mol. The van der Waals surface area contributed by atoms with E-state index in [-0.39, 0.29) is 0 Å². The first-order valence-corrected chi connectivity index (χ1v) is 58.2. The van der Waals surface area contributed by atoms with Crippen molar-refractivity contribution in [2.45, 2.75) is 546 Å². The van der Waals surface area contributed by atoms with Gasteiger partial charge in [0.2, 0.25) is 0 Å². The van der Waals surface area contributed by atoms with E-state index >= 15 is 0 Å². The largest absolute Gasteiger partial charge is 0.0883 e. The van der Waals surface area contributed by atoms with E-state index in [1.807, 2.05) is 180 Å². The maximum atomic E-state index is 2.52. The summed E-state index contributed by atoms with van der Waals surface area (Å²) in [5.74, 6) is 39.3. The van der Waals surface area contributed by atoms with Crippen molar-refractivity contribution in [1.82, 2.24) is 0 Å². The van der Waals surface area contributed by atoms with Crippen molar-refractivity contribution in [3.63, 3.8) is 0 Å². The highest BCUT2D eigenvalue weighted by Crippen LogP contribution is 2.69. The predicted molar refractivity (Wildman–Crippen MR) is 560 cm³/mol. The SMILES string of the molecule is CC.CC.CC.CC.CC.CC.CC.CC.CC.CC.CC.CC.CC.CC(C)C.CC1C2CC3CC(C2)C1C3.CC1C2CC3CC(C2)CC1C3.CC1C=CCC1.CC1C=CCCC1.CC1CC2CC1C1C3CCC(C3)C21.CC1CC2CC1C1CCCC21.CC1CC2CC1C1CCCCC21.CC1CC2CCC1C2.CC1CCCC1.CC1CCCCC1. The number of rotatable bonds is 0. The Bertz CT molecular complexity index is 2240. The van der Waals surface area contributed by atoms with Crippen LogP contribution < -0.4 is 0 Å². The van der Waals surface area contributed by atoms with Gasteiger partial charge in [-0.05, 0) is 400 Å². The van der Waals surface area contributed by atoms with Crippen molar-refractivity contribution in [2.24, 2.45) is 207 Å². The molecule has 726 valence electrons. The Hall–Kier alpha value is -0.520. The summed E-state index contributed by atoms with van der Waals surface area (Å²) in [4.78, 5) is 0. The maximum absolute atomic E-state index is 2.52. The van der Waals surface area contributed by atoms with Gasteiger partial charge in [0.1, 0.15) is 0 Å². The molecular formula is C121H242. The van der Waals surface area contributed by atoms with Crippen molar-refractivity contribution in [3.05, 3.63) is 24.3 Å². The molecule has 24 aliphatic carbocycles. The standard InChI is InChI=1S/C13H20.C12H20.2C11H18.C10H16.C8H14.C7H14.C7H12.C6H12.C6H10.C4H10.13C2H6/c1-7-4-10-6-11(7)13-9-3-2-8(5-9)12(10)13;1-8-6-9-7-12(8)11-5-3-2-4-10(9)11;1-7-10-3-8-2-9(5-10)6-11(7)4-8;1-7-5-8-6-11(7)10-4-2-3-9(8)10;1-6-8-2-7-3-9(5-8)10(6)4-7;1-6-4-7-2-3-8(6)5-7;2*1-7-5-3-2-4-6-7;2*1-6-4-2-3-5-6;1-4(2)3;13*1-2/h7-13H,2-6H2,1H3;8-12H,2-7H2,1H3;2*7-11H,2-6H2,1H3;6-10H,2-5H2,1H3;6-8H,2-5H2,1H3;7H,2-6H2,1H3;3,5,7H,2,4,6H2,1H3;6H,2-5H2,1H3;2,4,6H,3,5H2,1H3;4H,1-3H3;13*1-2H3. The average Bonchev–Trinajstić information content (AvgIpc) is 1.56. The molecule has 22 saturated carbocycles. The Morgan fingerprint density at radius 1 is 0.190 bits per heavy atom. The van der Waals surface area contributed by atoms with Gasteiger partial charge in [0, 0.05) is 0 Å². The normalized spacial score (nSPS) is 39.7. The highest BCUT2D eigenvalue weighted by molar-refractivity contribution is 5.11. The molecule has 0 heterocycles. The van der Waals surface area contributed by atoms with Crippen LogP contribution >= 0.6 is 0 Å². The smallest absolute Gasteiger partial charge is 0.0259 e. The van der Waals surface area contributed by atoms with E-state index in [1.54, 1.807) is 180 Å². The Morgan fingerprint density at radius 2 is 0.529 bits per heavy atom. The topological polar surface area (TPSA) is 0 Å². The first kappa shape index (κ1) is 123. The van der Waals surface area contributed by atoms with Gasteiger partial charge in [0.15, 0.2) is 0 Å². The fourth-order valence-corrected chi connectivity index (χ4v) is 29.9. The van der Waals surface area contributed by atoms with E-state index in [4.69, 9.17) is 0 Å². The molecular weight excluding hydrogens is 1450 g/mol. The van der Waals surface area contributed by atoms with Crippen molar-refractivity contribution < 1.29 is 0 Å². The molecule has 22 fully saturated rings. The minimum absolute atomic E-state index is 0.833. The monoisotopic (exact) mass is 1700 g/mol. The zero-order chi connectivity index (χ0) is 92.4. The first-order chi connectivity index (χ1) is 58.9. The molecule has 18 bridgehead atoms. The molecule has 24 rings (SSSR count). The summed E-state index contributed by atoms with van der Waals surface area (Å²) >= 11 is 0. The van der Waals surface area contributed by atoms with Crippen LogP contribution in [0.4, 0.5) is 0 Å². The molecule has 0 aromatic heterocycles. The number of hydrogen-bond donors (Lipinski definition) is 0. The van der Waals surface area contributed by atoms with Crippen LogP contribution in [0.2, 0.25) is 0 Å². The van der Waals surface area contributed by atoms with Crippen molar-refractivity contribution in [2.75, 3.05) is 0 Å². The van der Waals surface area contributed by atoms with Gasteiger partial charge in [-0.1, -0.05) is 378 Å². The lowest BCUT2D eigenvalue weighted by atomic mass is 9.52. The Morgan fingerprint density at radius 3 is 0.876 bits per heavy atom. The number of allylic oxidation sites excluding steroid dienone is 4. The second-order valence-corrected chi connectivity index (χ2v) is 42.0. The molecule has 0 spiro atoms. The summed E-state index contributed by atoms with van der Waals surface area (Å²) < 4.78 is 0. The molecule has 0 aromatic carbocycles. The minimum atomic E-state index is 0.833. The van der Waals surface area contributed by atoms with E-state index in [0.717, 1.165) is 124 Å². The lowest BCUT2D eigenvalue weighted by Gasteiger charge is -2.53. The van der Waals surface area contributed by atoms with Crippen LogP contribution in [0.1, 0.15) is 546 Å². The first-order valence-electron chi connectivity index (χ1n) is 58.2. The summed E-state index contributed by atoms with van der Waals surface area (Å²) in [7, 11) is 0. The van der Waals surface area contributed by atoms with Crippen LogP contribution in [-0.2, 0) is 0 Å². The van der Waals surface area contributed by atoms with E-state index in [9.17, 15) is 0 Å². The molecule has 0 saturated heterocycles. The quantitative estimate of drug-likeness (QED) is 0.168. The highest BCUT2D eigenvalue weighted by Gasteiger charge is 2.61. The van der Waals surface area contributed by atoms with Gasteiger partial charge in [-0.3, -0.25) is 0 Å². The van der Waals surface area contributed by atoms with Crippen LogP contribution in [0.5, 0.6) is 0 Å². The zero-order valence-corrected chi connectivity index (χ0v) is 91.9. The van der Waals surface area contributed by atoms with Crippen LogP contribution in [0.15, 0.2) is 24.3 Å². The molecule has 0 amide bonds. The molecule has 0 aliphatic heterocycles. The molecule has 0 heteroatoms. The summed E-state index contributed by atoms with van der Waals surface area (Å²) in [5, 5.41) is 0. The number of fused-ring (bicyclic) bond motifs is 21. The molecule has 0 aromatic rings. The molecule has 121 heavy (non-hydrogen) atoms. The third-order valence-electron chi connectivity index (χ3n) is 34.4. The van der Waals surface area contributed by atoms with Gasteiger partial charge in [0.25, 0.3) is 0 Å². The molecule has 0 N–H and O–H groups in total. The lowest BCUT2D eigenvalue weighted by Crippen LogP contribution is -2.43. The third kappa shape index (κ3) is 39.4. The van der Waals surface area contributed by atoms with Crippen molar-refractivity contribution in [1.29, 1.82) is 0 Å². The molecule has 24 aliphatic rings. The maximum Gasteiger partial charge on any atom is -0.0259 e. The minimum Gasteiger partial charge on any atom is -0.0883 e. The molecule has 0 radical (unpaired) electrons. The van der Waals surface area contributed by atoms with Gasteiger partial charge in [-0.15, -0.1) is 0 Å². The van der Waals surface area contributed by atoms with Gasteiger partial charge in [-0.25, -0.2) is 0 Å². The predicted octanol–water partition coefficient (Wildman–Crippen LogP) is 42.2. The van der Waals surface area contributed by atoms with E-state index in [0.29, 0.717) is 0 Å². The van der Waals surface area contributed by atoms with E-state index in [2.05, 4.69) is 114 Å². The second kappa shape index (κ2) is 73.1. The fourth-order valence-electron chi connectivity index (χ4n) is 29.9. The molecule has 0 nitrogen and oxygen atoms in total. The highest BCUT2D eigenvalue weighted by atomic mass is 14.7. The van der Waals surface area contributed by atoms with Crippen LogP contribution in [0, 0.1) is 207 Å². The van der Waals surface area contributed by atoms with Crippen molar-refractivity contribution in [3.8, 4) is 0 Å². The zero-order valence-electron chi connectivity index (χ0n) is 91.9. The summed E-state index contributed by atoms with van der Waals surface area (Å²) in [5.41, 5.74) is 0. The lowest BCUT2D eigenvalue weighted by molar-refractivity contribution is -0.0282. The summed E-state index contributed by atoms with van der Waals surface area (Å²) in [6.07, 6.45) is 75.2. The van der Waals surface area contributed by atoms with Crippen LogP contribution in [0.3, 0.4) is 0 Å². The van der Waals surface area contributed by atoms with Gasteiger partial charge in [-0.2, -0.15) is 0 Å². The molecule has 27 atom stereocenters. The van der Waals surface area contributed by atoms with Gasteiger partial charge in [0.05, 0.1) is 0 Å². The van der Waals surface area contributed by atoms with E-state index in [1.165, 1.54) is 179 Å². The fraction of sp³-hybridized carbons (Fsp3) is 0.967. The van der Waals surface area contributed by atoms with Gasteiger partial charge < -0.3 is 0 Å². The Kier molecular flexibility index (Phi) is 74.0. The van der Waals surface area contributed by atoms with E-state index < -0.39 is 0 Å². The Balaban J connectivity index is 0. The van der Waals surface area contributed by atoms with Crippen molar-refractivity contribution >= 4 is 0 Å². The number of hydrogen-bond acceptors (Lipinski definition) is 0. The summed E-state index contributed by atoms with van der Waals surface area (Å²) in [6.45, 7) is 82.7.